The molecule has 0 unspecified atom stereocenters. The van der Waals surface area contributed by atoms with Crippen molar-refractivity contribution in [2.24, 2.45) is 0 Å². The lowest BCUT2D eigenvalue weighted by Gasteiger charge is -2.26. The maximum absolute atomic E-state index is 6.74. The van der Waals surface area contributed by atoms with Crippen molar-refractivity contribution in [2.45, 2.75) is 0 Å². The highest BCUT2D eigenvalue weighted by atomic mass is 16.3. The topological polar surface area (TPSA) is 29.3 Å². The molecule has 1 aromatic heterocycles. The van der Waals surface area contributed by atoms with Crippen LogP contribution in [0.2, 0.25) is 0 Å². The van der Waals surface area contributed by atoms with Gasteiger partial charge in [0.05, 0.1) is 0 Å². The van der Waals surface area contributed by atoms with Crippen molar-refractivity contribution in [3.8, 4) is 33.7 Å². The number of para-hydroxylation sites is 1. The molecule has 52 heavy (non-hydrogen) atoms. The number of rotatable bonds is 6. The maximum atomic E-state index is 6.74. The van der Waals surface area contributed by atoms with E-state index in [0.717, 1.165) is 60.8 Å². The van der Waals surface area contributed by atoms with Crippen LogP contribution in [0.25, 0.3) is 77.1 Å². The van der Waals surface area contributed by atoms with Crippen LogP contribution in [0.1, 0.15) is 0 Å². The zero-order chi connectivity index (χ0) is 34.4. The highest BCUT2D eigenvalue weighted by Gasteiger charge is 2.20. The molecule has 0 saturated carbocycles. The number of anilines is 3. The minimum Gasteiger partial charge on any atom is -0.435 e. The first-order chi connectivity index (χ1) is 25.8. The SMILES string of the molecule is c1ccc(-c2ccc3c4ccc(N(c5ccccc5)c5ccc(-c6cccc7ccccc67)cc5)cc4c4oc(-c5ccccc5)nc4c3c2)cc1. The second-order valence-electron chi connectivity index (χ2n) is 13.2. The van der Waals surface area contributed by atoms with Gasteiger partial charge in [0.2, 0.25) is 5.89 Å². The minimum atomic E-state index is 0.615. The summed E-state index contributed by atoms with van der Waals surface area (Å²) in [5.74, 6) is 0.615. The van der Waals surface area contributed by atoms with Gasteiger partial charge in [-0.2, -0.15) is 0 Å². The molecule has 0 atom stereocenters. The number of aromatic nitrogens is 1. The fourth-order valence-corrected chi connectivity index (χ4v) is 7.56. The zero-order valence-corrected chi connectivity index (χ0v) is 28.3. The van der Waals surface area contributed by atoms with E-state index in [1.165, 1.54) is 27.5 Å². The van der Waals surface area contributed by atoms with Gasteiger partial charge >= 0.3 is 0 Å². The van der Waals surface area contributed by atoms with Crippen LogP contribution in [-0.2, 0) is 0 Å². The average Bonchev–Trinajstić information content (AvgIpc) is 3.68. The number of nitrogens with zero attached hydrogens (tertiary/aromatic N) is 2. The second-order valence-corrected chi connectivity index (χ2v) is 13.2. The van der Waals surface area contributed by atoms with Crippen molar-refractivity contribution >= 4 is 60.5 Å². The molecule has 10 aromatic rings. The summed E-state index contributed by atoms with van der Waals surface area (Å²) in [6.45, 7) is 0. The van der Waals surface area contributed by atoms with E-state index >= 15 is 0 Å². The lowest BCUT2D eigenvalue weighted by Crippen LogP contribution is -2.09. The maximum Gasteiger partial charge on any atom is 0.227 e. The predicted molar refractivity (Wildman–Crippen MR) is 218 cm³/mol. The molecule has 1 heterocycles. The van der Waals surface area contributed by atoms with Gasteiger partial charge in [0.1, 0.15) is 5.52 Å². The number of hydrogen-bond acceptors (Lipinski definition) is 3. The molecule has 0 amide bonds. The molecule has 0 aliphatic carbocycles. The molecule has 244 valence electrons. The summed E-state index contributed by atoms with van der Waals surface area (Å²) >= 11 is 0. The number of benzene rings is 9. The van der Waals surface area contributed by atoms with Gasteiger partial charge in [-0.25, -0.2) is 4.98 Å². The van der Waals surface area contributed by atoms with Gasteiger partial charge in [-0.05, 0) is 98.4 Å². The molecule has 0 fully saturated rings. The lowest BCUT2D eigenvalue weighted by atomic mass is 9.95. The summed E-state index contributed by atoms with van der Waals surface area (Å²) in [4.78, 5) is 7.48. The van der Waals surface area contributed by atoms with Gasteiger partial charge in [-0.1, -0.05) is 140 Å². The molecule has 0 bridgehead atoms. The molecule has 3 nitrogen and oxygen atoms in total. The van der Waals surface area contributed by atoms with Crippen molar-refractivity contribution in [3.63, 3.8) is 0 Å². The van der Waals surface area contributed by atoms with Crippen LogP contribution in [0.5, 0.6) is 0 Å². The van der Waals surface area contributed by atoms with Crippen molar-refractivity contribution in [2.75, 3.05) is 4.90 Å². The van der Waals surface area contributed by atoms with Crippen LogP contribution in [0.3, 0.4) is 0 Å². The van der Waals surface area contributed by atoms with Gasteiger partial charge in [-0.3, -0.25) is 0 Å². The van der Waals surface area contributed by atoms with E-state index in [0.29, 0.717) is 5.89 Å². The Labute approximate surface area is 301 Å². The summed E-state index contributed by atoms with van der Waals surface area (Å²) in [6.07, 6.45) is 0. The summed E-state index contributed by atoms with van der Waals surface area (Å²) < 4.78 is 6.74. The molecule has 0 radical (unpaired) electrons. The number of hydrogen-bond donors (Lipinski definition) is 0. The van der Waals surface area contributed by atoms with E-state index in [1.807, 2.05) is 18.2 Å². The fourth-order valence-electron chi connectivity index (χ4n) is 7.56. The fraction of sp³-hybridized carbons (Fsp3) is 0. The standard InChI is InChI=1S/C49H32N2O/c1-4-13-33(14-5-1)37-25-29-43-44-30-28-40(32-46(44)48-47(45(43)31-37)50-49(52-48)36-16-6-2-7-17-36)51(38-19-8-3-9-20-38)39-26-23-35(24-27-39)42-22-12-18-34-15-10-11-21-41(34)42/h1-32H. The Balaban J connectivity index is 1.17. The van der Waals surface area contributed by atoms with Crippen molar-refractivity contribution in [1.29, 1.82) is 0 Å². The first-order valence-electron chi connectivity index (χ1n) is 17.6. The molecule has 0 saturated heterocycles. The van der Waals surface area contributed by atoms with E-state index in [2.05, 4.69) is 181 Å². The van der Waals surface area contributed by atoms with Crippen LogP contribution in [-0.4, -0.2) is 4.98 Å². The third-order valence-corrected chi connectivity index (χ3v) is 10.1. The van der Waals surface area contributed by atoms with Gasteiger partial charge in [-0.15, -0.1) is 0 Å². The molecule has 3 heteroatoms. The van der Waals surface area contributed by atoms with Crippen LogP contribution >= 0.6 is 0 Å². The van der Waals surface area contributed by atoms with Crippen LogP contribution < -0.4 is 4.90 Å². The third kappa shape index (κ3) is 5.10. The van der Waals surface area contributed by atoms with Crippen LogP contribution in [0.15, 0.2) is 199 Å². The Kier molecular flexibility index (Phi) is 7.14. The van der Waals surface area contributed by atoms with E-state index in [-0.39, 0.29) is 0 Å². The number of fused-ring (bicyclic) bond motifs is 7. The normalized spacial score (nSPS) is 11.5. The first kappa shape index (κ1) is 29.9. The Morgan fingerprint density at radius 1 is 0.365 bits per heavy atom. The molecule has 9 aromatic carbocycles. The van der Waals surface area contributed by atoms with E-state index in [1.54, 1.807) is 0 Å². The van der Waals surface area contributed by atoms with Crippen molar-refractivity contribution in [1.82, 2.24) is 4.98 Å². The van der Waals surface area contributed by atoms with Gasteiger partial charge in [0, 0.05) is 33.4 Å². The third-order valence-electron chi connectivity index (χ3n) is 10.1. The molecular weight excluding hydrogens is 633 g/mol. The lowest BCUT2D eigenvalue weighted by molar-refractivity contribution is 0.623. The Bertz CT molecular complexity index is 2870. The minimum absolute atomic E-state index is 0.615. The van der Waals surface area contributed by atoms with Crippen LogP contribution in [0, 0.1) is 0 Å². The predicted octanol–water partition coefficient (Wildman–Crippen LogP) is 13.8. The zero-order valence-electron chi connectivity index (χ0n) is 28.3. The molecule has 0 spiro atoms. The number of oxazole rings is 1. The first-order valence-corrected chi connectivity index (χ1v) is 17.6. The quantitative estimate of drug-likeness (QED) is 0.166. The monoisotopic (exact) mass is 664 g/mol. The van der Waals surface area contributed by atoms with Crippen molar-refractivity contribution < 1.29 is 4.42 Å². The summed E-state index contributed by atoms with van der Waals surface area (Å²) in [6, 6.07) is 68.6. The van der Waals surface area contributed by atoms with Gasteiger partial charge in [0.15, 0.2) is 5.58 Å². The highest BCUT2D eigenvalue weighted by molar-refractivity contribution is 6.24. The average molecular weight is 665 g/mol. The molecule has 10 rings (SSSR count). The van der Waals surface area contributed by atoms with Gasteiger partial charge < -0.3 is 9.32 Å². The molecule has 0 aliphatic heterocycles. The van der Waals surface area contributed by atoms with E-state index in [9.17, 15) is 0 Å². The molecule has 0 N–H and O–H groups in total. The van der Waals surface area contributed by atoms with E-state index < -0.39 is 0 Å². The Hall–Kier alpha value is -6.97. The van der Waals surface area contributed by atoms with Crippen LogP contribution in [0.4, 0.5) is 17.1 Å². The molecular formula is C49H32N2O. The Morgan fingerprint density at radius 3 is 1.75 bits per heavy atom. The Morgan fingerprint density at radius 2 is 0.962 bits per heavy atom. The summed E-state index contributed by atoms with van der Waals surface area (Å²) in [5, 5.41) is 6.86. The molecule has 0 aliphatic rings. The largest absolute Gasteiger partial charge is 0.435 e. The van der Waals surface area contributed by atoms with Crippen molar-refractivity contribution in [3.05, 3.63) is 194 Å². The summed E-state index contributed by atoms with van der Waals surface area (Å²) in [5.41, 5.74) is 10.5. The smallest absolute Gasteiger partial charge is 0.227 e. The van der Waals surface area contributed by atoms with Gasteiger partial charge in [0.25, 0.3) is 0 Å². The summed E-state index contributed by atoms with van der Waals surface area (Å²) in [7, 11) is 0. The highest BCUT2D eigenvalue weighted by Crippen LogP contribution is 2.43. The van der Waals surface area contributed by atoms with E-state index in [4.69, 9.17) is 9.40 Å². The second kappa shape index (κ2) is 12.4.